The minimum Gasteiger partial charge on any atom is -0.319 e. The SMILES string of the molecule is CCC(CNC)C1CCCCCN1C. The van der Waals surface area contributed by atoms with Crippen molar-refractivity contribution in [1.29, 1.82) is 0 Å². The highest BCUT2D eigenvalue weighted by molar-refractivity contribution is 4.80. The first-order chi connectivity index (χ1) is 6.79. The summed E-state index contributed by atoms with van der Waals surface area (Å²) in [5, 5.41) is 3.33. The number of hydrogen-bond donors (Lipinski definition) is 1. The first-order valence-electron chi connectivity index (χ1n) is 6.14. The molecule has 1 N–H and O–H groups in total. The molecule has 2 heteroatoms. The number of rotatable bonds is 4. The molecular weight excluding hydrogens is 172 g/mol. The average molecular weight is 198 g/mol. The monoisotopic (exact) mass is 198 g/mol. The van der Waals surface area contributed by atoms with E-state index in [1.807, 2.05) is 0 Å². The Bertz CT molecular complexity index is 147. The van der Waals surface area contributed by atoms with Gasteiger partial charge in [0.1, 0.15) is 0 Å². The van der Waals surface area contributed by atoms with E-state index in [0.29, 0.717) is 0 Å². The quantitative estimate of drug-likeness (QED) is 0.744. The minimum absolute atomic E-state index is 0.815. The van der Waals surface area contributed by atoms with Crippen molar-refractivity contribution in [2.75, 3.05) is 27.2 Å². The highest BCUT2D eigenvalue weighted by Gasteiger charge is 2.24. The zero-order chi connectivity index (χ0) is 10.4. The highest BCUT2D eigenvalue weighted by atomic mass is 15.1. The minimum atomic E-state index is 0.815. The fourth-order valence-corrected chi connectivity index (χ4v) is 2.69. The molecule has 0 aromatic heterocycles. The van der Waals surface area contributed by atoms with Crippen LogP contribution in [0.4, 0.5) is 0 Å². The van der Waals surface area contributed by atoms with Gasteiger partial charge in [0.15, 0.2) is 0 Å². The van der Waals surface area contributed by atoms with Gasteiger partial charge in [-0.3, -0.25) is 0 Å². The van der Waals surface area contributed by atoms with Crippen molar-refractivity contribution in [3.05, 3.63) is 0 Å². The molecule has 2 atom stereocenters. The van der Waals surface area contributed by atoms with Gasteiger partial charge >= 0.3 is 0 Å². The van der Waals surface area contributed by atoms with Crippen LogP contribution in [-0.4, -0.2) is 38.1 Å². The molecule has 1 aliphatic rings. The first kappa shape index (κ1) is 12.0. The van der Waals surface area contributed by atoms with E-state index in [2.05, 4.69) is 31.2 Å². The zero-order valence-electron chi connectivity index (χ0n) is 10.1. The summed E-state index contributed by atoms with van der Waals surface area (Å²) in [6.45, 7) is 4.79. The molecule has 0 aromatic carbocycles. The van der Waals surface area contributed by atoms with E-state index in [0.717, 1.165) is 12.0 Å². The lowest BCUT2D eigenvalue weighted by molar-refractivity contribution is 0.171. The van der Waals surface area contributed by atoms with Gasteiger partial charge in [0, 0.05) is 6.04 Å². The summed E-state index contributed by atoms with van der Waals surface area (Å²) in [5.74, 6) is 0.836. The van der Waals surface area contributed by atoms with Gasteiger partial charge in [-0.25, -0.2) is 0 Å². The zero-order valence-corrected chi connectivity index (χ0v) is 10.1. The predicted molar refractivity (Wildman–Crippen MR) is 62.6 cm³/mol. The summed E-state index contributed by atoms with van der Waals surface area (Å²) in [6.07, 6.45) is 6.95. The molecule has 0 radical (unpaired) electrons. The summed E-state index contributed by atoms with van der Waals surface area (Å²) in [7, 11) is 4.37. The first-order valence-corrected chi connectivity index (χ1v) is 6.14. The summed E-state index contributed by atoms with van der Waals surface area (Å²) in [5.41, 5.74) is 0. The average Bonchev–Trinajstić information content (AvgIpc) is 2.40. The van der Waals surface area contributed by atoms with Crippen LogP contribution in [0.5, 0.6) is 0 Å². The van der Waals surface area contributed by atoms with E-state index < -0.39 is 0 Å². The molecule has 1 aliphatic heterocycles. The molecular formula is C12H26N2. The van der Waals surface area contributed by atoms with Crippen LogP contribution in [0.1, 0.15) is 39.0 Å². The molecule has 0 saturated carbocycles. The van der Waals surface area contributed by atoms with Crippen molar-refractivity contribution in [2.24, 2.45) is 5.92 Å². The van der Waals surface area contributed by atoms with Crippen molar-refractivity contribution in [2.45, 2.75) is 45.1 Å². The summed E-state index contributed by atoms with van der Waals surface area (Å²) >= 11 is 0. The molecule has 0 aliphatic carbocycles. The Morgan fingerprint density at radius 2 is 2.14 bits per heavy atom. The van der Waals surface area contributed by atoms with Crippen LogP contribution < -0.4 is 5.32 Å². The molecule has 0 bridgehead atoms. The summed E-state index contributed by atoms with van der Waals surface area (Å²) < 4.78 is 0. The van der Waals surface area contributed by atoms with Crippen LogP contribution in [0.15, 0.2) is 0 Å². The lowest BCUT2D eigenvalue weighted by atomic mass is 9.92. The maximum atomic E-state index is 3.33. The smallest absolute Gasteiger partial charge is 0.0132 e. The van der Waals surface area contributed by atoms with Crippen molar-refractivity contribution in [3.8, 4) is 0 Å². The van der Waals surface area contributed by atoms with Gasteiger partial charge in [0.25, 0.3) is 0 Å². The van der Waals surface area contributed by atoms with E-state index in [4.69, 9.17) is 0 Å². The van der Waals surface area contributed by atoms with Gasteiger partial charge in [0.05, 0.1) is 0 Å². The Kier molecular flexibility index (Phi) is 5.49. The summed E-state index contributed by atoms with van der Waals surface area (Å²) in [6, 6.07) is 0.815. The Morgan fingerprint density at radius 3 is 2.79 bits per heavy atom. The van der Waals surface area contributed by atoms with Gasteiger partial charge in [-0.15, -0.1) is 0 Å². The van der Waals surface area contributed by atoms with Crippen LogP contribution in [0.2, 0.25) is 0 Å². The molecule has 84 valence electrons. The standard InChI is InChI=1S/C12H26N2/c1-4-11(10-13-2)12-8-6-5-7-9-14(12)3/h11-13H,4-10H2,1-3H3. The Morgan fingerprint density at radius 1 is 1.36 bits per heavy atom. The van der Waals surface area contributed by atoms with Crippen LogP contribution in [0, 0.1) is 5.92 Å². The Labute approximate surface area is 89.1 Å². The third-order valence-corrected chi connectivity index (χ3v) is 3.61. The number of nitrogens with one attached hydrogen (secondary N) is 1. The van der Waals surface area contributed by atoms with Gasteiger partial charge < -0.3 is 10.2 Å². The maximum absolute atomic E-state index is 3.33. The number of likely N-dealkylation sites (tertiary alicyclic amines) is 1. The predicted octanol–water partition coefficient (Wildman–Crippen LogP) is 2.11. The van der Waals surface area contributed by atoms with Gasteiger partial charge in [0.2, 0.25) is 0 Å². The molecule has 0 spiro atoms. The molecule has 1 saturated heterocycles. The third-order valence-electron chi connectivity index (χ3n) is 3.61. The van der Waals surface area contributed by atoms with Crippen molar-refractivity contribution >= 4 is 0 Å². The number of nitrogens with zero attached hydrogens (tertiary/aromatic N) is 1. The molecule has 2 nitrogen and oxygen atoms in total. The van der Waals surface area contributed by atoms with Crippen molar-refractivity contribution in [1.82, 2.24) is 10.2 Å². The van der Waals surface area contributed by atoms with E-state index in [1.54, 1.807) is 0 Å². The fraction of sp³-hybridized carbons (Fsp3) is 1.00. The van der Waals surface area contributed by atoms with Gasteiger partial charge in [-0.2, -0.15) is 0 Å². The Balaban J connectivity index is 2.51. The molecule has 2 unspecified atom stereocenters. The molecule has 1 rings (SSSR count). The second-order valence-electron chi connectivity index (χ2n) is 4.62. The maximum Gasteiger partial charge on any atom is 0.0132 e. The third kappa shape index (κ3) is 3.25. The van der Waals surface area contributed by atoms with E-state index in [-0.39, 0.29) is 0 Å². The largest absolute Gasteiger partial charge is 0.319 e. The molecule has 0 amide bonds. The van der Waals surface area contributed by atoms with E-state index in [1.165, 1.54) is 45.2 Å². The Hall–Kier alpha value is -0.0800. The van der Waals surface area contributed by atoms with Crippen LogP contribution in [-0.2, 0) is 0 Å². The highest BCUT2D eigenvalue weighted by Crippen LogP contribution is 2.23. The molecule has 1 heterocycles. The summed E-state index contributed by atoms with van der Waals surface area (Å²) in [4.78, 5) is 2.58. The fourth-order valence-electron chi connectivity index (χ4n) is 2.69. The van der Waals surface area contributed by atoms with Gasteiger partial charge in [-0.05, 0) is 45.9 Å². The van der Waals surface area contributed by atoms with Crippen molar-refractivity contribution in [3.63, 3.8) is 0 Å². The second kappa shape index (κ2) is 6.41. The van der Waals surface area contributed by atoms with Crippen molar-refractivity contribution < 1.29 is 0 Å². The normalized spacial score (nSPS) is 27.2. The van der Waals surface area contributed by atoms with Crippen LogP contribution >= 0.6 is 0 Å². The van der Waals surface area contributed by atoms with E-state index >= 15 is 0 Å². The second-order valence-corrected chi connectivity index (χ2v) is 4.62. The topological polar surface area (TPSA) is 15.3 Å². The molecule has 1 fully saturated rings. The number of hydrogen-bond acceptors (Lipinski definition) is 2. The van der Waals surface area contributed by atoms with E-state index in [9.17, 15) is 0 Å². The lowest BCUT2D eigenvalue weighted by Crippen LogP contribution is -2.41. The van der Waals surface area contributed by atoms with Gasteiger partial charge in [-0.1, -0.05) is 26.2 Å². The van der Waals surface area contributed by atoms with Crippen LogP contribution in [0.3, 0.4) is 0 Å². The van der Waals surface area contributed by atoms with Crippen LogP contribution in [0.25, 0.3) is 0 Å². The molecule has 14 heavy (non-hydrogen) atoms. The molecule has 0 aromatic rings. The lowest BCUT2D eigenvalue weighted by Gasteiger charge is -2.32.